The lowest BCUT2D eigenvalue weighted by Gasteiger charge is -2.36. The first kappa shape index (κ1) is 11.8. The van der Waals surface area contributed by atoms with E-state index >= 15 is 0 Å². The molecule has 0 aromatic heterocycles. The summed E-state index contributed by atoms with van der Waals surface area (Å²) in [6, 6.07) is 0. The minimum atomic E-state index is 0.716. The van der Waals surface area contributed by atoms with Gasteiger partial charge in [-0.05, 0) is 42.9 Å². The summed E-state index contributed by atoms with van der Waals surface area (Å²) in [5.74, 6) is 3.30. The lowest BCUT2D eigenvalue weighted by Crippen LogP contribution is -2.25. The van der Waals surface area contributed by atoms with E-state index in [-0.39, 0.29) is 0 Å². The van der Waals surface area contributed by atoms with Gasteiger partial charge in [-0.2, -0.15) is 0 Å². The van der Waals surface area contributed by atoms with Crippen molar-refractivity contribution in [1.29, 1.82) is 0 Å². The molecule has 0 spiro atoms. The Kier molecular flexibility index (Phi) is 4.22. The molecule has 0 aliphatic heterocycles. The molecule has 0 nitrogen and oxygen atoms in total. The van der Waals surface area contributed by atoms with Crippen molar-refractivity contribution < 1.29 is 0 Å². The molecule has 0 radical (unpaired) electrons. The molecule has 0 aromatic carbocycles. The standard InChI is InChI=1S/C14H26/c1-6-11(3)13(5)14-9-10(2)7-8-12(14)4/h10-12,14H,5-9H2,1-4H3. The van der Waals surface area contributed by atoms with Crippen molar-refractivity contribution in [2.24, 2.45) is 23.7 Å². The van der Waals surface area contributed by atoms with E-state index in [0.29, 0.717) is 5.92 Å². The van der Waals surface area contributed by atoms with Crippen molar-refractivity contribution in [2.75, 3.05) is 0 Å². The van der Waals surface area contributed by atoms with Crippen LogP contribution in [-0.2, 0) is 0 Å². The molecule has 0 aromatic rings. The molecule has 4 atom stereocenters. The molecule has 14 heavy (non-hydrogen) atoms. The Morgan fingerprint density at radius 2 is 2.00 bits per heavy atom. The molecule has 0 amide bonds. The summed E-state index contributed by atoms with van der Waals surface area (Å²) in [6.45, 7) is 13.7. The van der Waals surface area contributed by atoms with Crippen LogP contribution in [0.2, 0.25) is 0 Å². The van der Waals surface area contributed by atoms with Crippen molar-refractivity contribution >= 4 is 0 Å². The smallest absolute Gasteiger partial charge is 0.0175 e. The molecule has 0 heterocycles. The Morgan fingerprint density at radius 1 is 1.36 bits per heavy atom. The quantitative estimate of drug-likeness (QED) is 0.573. The number of allylic oxidation sites excluding steroid dienone is 1. The fourth-order valence-electron chi connectivity index (χ4n) is 2.68. The van der Waals surface area contributed by atoms with Crippen LogP contribution in [0.5, 0.6) is 0 Å². The van der Waals surface area contributed by atoms with E-state index < -0.39 is 0 Å². The van der Waals surface area contributed by atoms with Crippen LogP contribution in [0.4, 0.5) is 0 Å². The van der Waals surface area contributed by atoms with Crippen molar-refractivity contribution in [3.63, 3.8) is 0 Å². The molecule has 1 rings (SSSR count). The molecule has 1 fully saturated rings. The van der Waals surface area contributed by atoms with Gasteiger partial charge in [-0.3, -0.25) is 0 Å². The first-order valence-electron chi connectivity index (χ1n) is 6.24. The lowest BCUT2D eigenvalue weighted by molar-refractivity contribution is 0.222. The van der Waals surface area contributed by atoms with E-state index in [1.54, 1.807) is 0 Å². The van der Waals surface area contributed by atoms with Gasteiger partial charge in [0, 0.05) is 0 Å². The van der Waals surface area contributed by atoms with E-state index in [0.717, 1.165) is 17.8 Å². The van der Waals surface area contributed by atoms with Gasteiger partial charge in [-0.25, -0.2) is 0 Å². The van der Waals surface area contributed by atoms with Crippen LogP contribution in [-0.4, -0.2) is 0 Å². The minimum Gasteiger partial charge on any atom is -0.0993 e. The maximum Gasteiger partial charge on any atom is -0.0175 e. The van der Waals surface area contributed by atoms with Gasteiger partial charge in [0.2, 0.25) is 0 Å². The van der Waals surface area contributed by atoms with E-state index in [9.17, 15) is 0 Å². The highest BCUT2D eigenvalue weighted by Gasteiger charge is 2.28. The molecular weight excluding hydrogens is 168 g/mol. The van der Waals surface area contributed by atoms with Gasteiger partial charge in [0.15, 0.2) is 0 Å². The fraction of sp³-hybridized carbons (Fsp3) is 0.857. The van der Waals surface area contributed by atoms with Crippen LogP contribution in [0.3, 0.4) is 0 Å². The highest BCUT2D eigenvalue weighted by atomic mass is 14.3. The van der Waals surface area contributed by atoms with Crippen LogP contribution >= 0.6 is 0 Å². The van der Waals surface area contributed by atoms with Crippen molar-refractivity contribution in [2.45, 2.75) is 53.4 Å². The third-order valence-electron chi connectivity index (χ3n) is 4.18. The van der Waals surface area contributed by atoms with E-state index in [2.05, 4.69) is 34.3 Å². The molecule has 1 aliphatic carbocycles. The number of hydrogen-bond donors (Lipinski definition) is 0. The molecule has 0 bridgehead atoms. The van der Waals surface area contributed by atoms with Crippen molar-refractivity contribution in [3.8, 4) is 0 Å². The molecule has 0 N–H and O–H groups in total. The zero-order chi connectivity index (χ0) is 10.7. The Hall–Kier alpha value is -0.260. The van der Waals surface area contributed by atoms with Crippen LogP contribution in [0.15, 0.2) is 12.2 Å². The maximum atomic E-state index is 4.33. The van der Waals surface area contributed by atoms with Crippen LogP contribution < -0.4 is 0 Å². The second-order valence-corrected chi connectivity index (χ2v) is 5.39. The molecule has 82 valence electrons. The van der Waals surface area contributed by atoms with Crippen molar-refractivity contribution in [3.05, 3.63) is 12.2 Å². The van der Waals surface area contributed by atoms with Gasteiger partial charge in [-0.15, -0.1) is 0 Å². The zero-order valence-corrected chi connectivity index (χ0v) is 10.3. The summed E-state index contributed by atoms with van der Waals surface area (Å²) < 4.78 is 0. The predicted octanol–water partition coefficient (Wildman–Crippen LogP) is 4.66. The fourth-order valence-corrected chi connectivity index (χ4v) is 2.68. The Bertz CT molecular complexity index is 192. The summed E-state index contributed by atoms with van der Waals surface area (Å²) in [6.07, 6.45) is 5.45. The maximum absolute atomic E-state index is 4.33. The van der Waals surface area contributed by atoms with Gasteiger partial charge in [-0.1, -0.05) is 46.3 Å². The summed E-state index contributed by atoms with van der Waals surface area (Å²) in [4.78, 5) is 0. The Labute approximate surface area is 89.8 Å². The van der Waals surface area contributed by atoms with Gasteiger partial charge in [0.1, 0.15) is 0 Å². The van der Waals surface area contributed by atoms with Crippen molar-refractivity contribution in [1.82, 2.24) is 0 Å². The average Bonchev–Trinajstić information content (AvgIpc) is 2.19. The first-order chi connectivity index (χ1) is 6.56. The van der Waals surface area contributed by atoms with Gasteiger partial charge >= 0.3 is 0 Å². The second kappa shape index (κ2) is 5.00. The highest BCUT2D eigenvalue weighted by Crippen LogP contribution is 2.39. The third kappa shape index (κ3) is 2.62. The number of rotatable bonds is 3. The molecule has 1 aliphatic rings. The highest BCUT2D eigenvalue weighted by molar-refractivity contribution is 5.07. The second-order valence-electron chi connectivity index (χ2n) is 5.39. The third-order valence-corrected chi connectivity index (χ3v) is 4.18. The zero-order valence-electron chi connectivity index (χ0n) is 10.3. The van der Waals surface area contributed by atoms with Gasteiger partial charge in [0.25, 0.3) is 0 Å². The summed E-state index contributed by atoms with van der Waals surface area (Å²) in [7, 11) is 0. The molecule has 0 heteroatoms. The largest absolute Gasteiger partial charge is 0.0993 e. The number of hydrogen-bond acceptors (Lipinski definition) is 0. The SMILES string of the molecule is C=C(C(C)CC)C1CC(C)CCC1C. The van der Waals surface area contributed by atoms with E-state index in [1.165, 1.54) is 31.3 Å². The lowest BCUT2D eigenvalue weighted by atomic mass is 9.70. The topological polar surface area (TPSA) is 0 Å². The van der Waals surface area contributed by atoms with Crippen LogP contribution in [0.25, 0.3) is 0 Å². The molecule has 1 saturated carbocycles. The molecular formula is C14H26. The summed E-state index contributed by atoms with van der Waals surface area (Å²) in [5.41, 5.74) is 1.52. The van der Waals surface area contributed by atoms with Gasteiger partial charge < -0.3 is 0 Å². The Balaban J connectivity index is 2.60. The van der Waals surface area contributed by atoms with E-state index in [4.69, 9.17) is 0 Å². The normalized spacial score (nSPS) is 35.3. The van der Waals surface area contributed by atoms with E-state index in [1.807, 2.05) is 0 Å². The van der Waals surface area contributed by atoms with Crippen LogP contribution in [0, 0.1) is 23.7 Å². The van der Waals surface area contributed by atoms with Gasteiger partial charge in [0.05, 0.1) is 0 Å². The van der Waals surface area contributed by atoms with Crippen LogP contribution in [0.1, 0.15) is 53.4 Å². The molecule has 0 saturated heterocycles. The molecule has 4 unspecified atom stereocenters. The average molecular weight is 194 g/mol. The monoisotopic (exact) mass is 194 g/mol. The summed E-state index contributed by atoms with van der Waals surface area (Å²) in [5, 5.41) is 0. The minimum absolute atomic E-state index is 0.716. The first-order valence-corrected chi connectivity index (χ1v) is 6.24. The summed E-state index contributed by atoms with van der Waals surface area (Å²) >= 11 is 0. The predicted molar refractivity (Wildman–Crippen MR) is 64.3 cm³/mol. The Morgan fingerprint density at radius 3 is 2.57 bits per heavy atom.